The summed E-state index contributed by atoms with van der Waals surface area (Å²) in [6.45, 7) is 6.61. The largest absolute Gasteiger partial charge is 0.342 e. The number of nitrogens with zero attached hydrogens (tertiary/aromatic N) is 2. The minimum Gasteiger partial charge on any atom is -0.342 e. The fourth-order valence-electron chi connectivity index (χ4n) is 4.69. The number of amides is 1. The predicted molar refractivity (Wildman–Crippen MR) is 108 cm³/mol. The number of benzene rings is 1. The predicted octanol–water partition coefficient (Wildman–Crippen LogP) is 4.33. The molecule has 0 N–H and O–H groups in total. The molecule has 1 amide bonds. The summed E-state index contributed by atoms with van der Waals surface area (Å²) in [5.74, 6) is 1.52. The molecule has 2 atom stereocenters. The lowest BCUT2D eigenvalue weighted by Gasteiger charge is -2.34. The third-order valence-electron chi connectivity index (χ3n) is 6.28. The molecule has 27 heavy (non-hydrogen) atoms. The number of likely N-dealkylation sites (tertiary alicyclic amines) is 2. The minimum absolute atomic E-state index is 0.160. The molecule has 1 aromatic carbocycles. The van der Waals surface area contributed by atoms with E-state index >= 15 is 0 Å². The van der Waals surface area contributed by atoms with Gasteiger partial charge in [0.2, 0.25) is 5.91 Å². The number of carbonyl (C=O) groups is 1. The first kappa shape index (κ1) is 18.6. The molecule has 3 heterocycles. The van der Waals surface area contributed by atoms with Gasteiger partial charge in [-0.05, 0) is 77.9 Å². The molecule has 4 rings (SSSR count). The van der Waals surface area contributed by atoms with Crippen LogP contribution in [-0.4, -0.2) is 48.4 Å². The first-order valence-electron chi connectivity index (χ1n) is 9.85. The zero-order valence-electron chi connectivity index (χ0n) is 15.8. The van der Waals surface area contributed by atoms with E-state index in [0.29, 0.717) is 17.8 Å². The van der Waals surface area contributed by atoms with Crippen molar-refractivity contribution in [3.8, 4) is 0 Å². The molecule has 2 aliphatic heterocycles. The summed E-state index contributed by atoms with van der Waals surface area (Å²) in [6, 6.07) is 9.23. The summed E-state index contributed by atoms with van der Waals surface area (Å²) in [6.07, 6.45) is 2.25. The van der Waals surface area contributed by atoms with Crippen molar-refractivity contribution < 1.29 is 9.18 Å². The van der Waals surface area contributed by atoms with Crippen molar-refractivity contribution in [2.75, 3.05) is 32.7 Å². The molecule has 2 fully saturated rings. The van der Waals surface area contributed by atoms with Gasteiger partial charge in [-0.3, -0.25) is 4.79 Å². The number of rotatable bonds is 4. The van der Waals surface area contributed by atoms with E-state index in [4.69, 9.17) is 0 Å². The van der Waals surface area contributed by atoms with Crippen LogP contribution >= 0.6 is 11.3 Å². The number of carbonyl (C=O) groups excluding carboxylic acids is 1. The van der Waals surface area contributed by atoms with Gasteiger partial charge in [0.1, 0.15) is 5.82 Å². The second-order valence-electron chi connectivity index (χ2n) is 7.97. The SMILES string of the molecule is CC(=O)N1CC(CN2CCC(c3ccc(F)cc3)CC2)C(c2ccsc2)C1. The first-order chi connectivity index (χ1) is 13.1. The lowest BCUT2D eigenvalue weighted by atomic mass is 9.87. The van der Waals surface area contributed by atoms with E-state index in [2.05, 4.69) is 21.7 Å². The maximum absolute atomic E-state index is 13.1. The quantitative estimate of drug-likeness (QED) is 0.781. The summed E-state index contributed by atoms with van der Waals surface area (Å²) in [4.78, 5) is 16.5. The van der Waals surface area contributed by atoms with Crippen LogP contribution in [0.3, 0.4) is 0 Å². The Morgan fingerprint density at radius 1 is 1.11 bits per heavy atom. The number of hydrogen-bond acceptors (Lipinski definition) is 3. The van der Waals surface area contributed by atoms with Gasteiger partial charge in [-0.25, -0.2) is 4.39 Å². The topological polar surface area (TPSA) is 23.6 Å². The van der Waals surface area contributed by atoms with Crippen molar-refractivity contribution in [2.45, 2.75) is 31.6 Å². The third kappa shape index (κ3) is 4.25. The van der Waals surface area contributed by atoms with E-state index in [1.54, 1.807) is 30.4 Å². The van der Waals surface area contributed by atoms with E-state index in [-0.39, 0.29) is 11.7 Å². The number of halogens is 1. The maximum Gasteiger partial charge on any atom is 0.219 e. The average Bonchev–Trinajstić information content (AvgIpc) is 3.33. The van der Waals surface area contributed by atoms with Gasteiger partial charge in [0.05, 0.1) is 0 Å². The standard InChI is InChI=1S/C22H27FN2OS/c1-16(26)25-13-20(22(14-25)19-8-11-27-15-19)12-24-9-6-18(7-10-24)17-2-4-21(23)5-3-17/h2-5,8,11,15,18,20,22H,6-7,9-10,12-14H2,1H3. The summed E-state index contributed by atoms with van der Waals surface area (Å²) in [5.41, 5.74) is 2.64. The molecule has 2 aliphatic rings. The van der Waals surface area contributed by atoms with E-state index in [9.17, 15) is 9.18 Å². The molecule has 2 aromatic rings. The molecule has 0 radical (unpaired) electrons. The van der Waals surface area contributed by atoms with Gasteiger partial charge in [-0.1, -0.05) is 12.1 Å². The normalized spacial score (nSPS) is 24.4. The highest BCUT2D eigenvalue weighted by atomic mass is 32.1. The van der Waals surface area contributed by atoms with Gasteiger partial charge in [0.15, 0.2) is 0 Å². The molecule has 2 saturated heterocycles. The molecule has 5 heteroatoms. The summed E-state index contributed by atoms with van der Waals surface area (Å²) >= 11 is 1.74. The van der Waals surface area contributed by atoms with Crippen molar-refractivity contribution in [2.24, 2.45) is 5.92 Å². The van der Waals surface area contributed by atoms with Gasteiger partial charge in [0, 0.05) is 32.5 Å². The van der Waals surface area contributed by atoms with Crippen LogP contribution in [0.5, 0.6) is 0 Å². The summed E-state index contributed by atoms with van der Waals surface area (Å²) in [5, 5.41) is 4.37. The van der Waals surface area contributed by atoms with Crippen molar-refractivity contribution >= 4 is 17.2 Å². The number of thiophene rings is 1. The lowest BCUT2D eigenvalue weighted by molar-refractivity contribution is -0.127. The maximum atomic E-state index is 13.1. The molecular weight excluding hydrogens is 359 g/mol. The van der Waals surface area contributed by atoms with Crippen molar-refractivity contribution in [1.29, 1.82) is 0 Å². The van der Waals surface area contributed by atoms with Crippen molar-refractivity contribution in [1.82, 2.24) is 9.80 Å². The average molecular weight is 387 g/mol. The van der Waals surface area contributed by atoms with Crippen LogP contribution in [0.2, 0.25) is 0 Å². The fraction of sp³-hybridized carbons (Fsp3) is 0.500. The van der Waals surface area contributed by atoms with Crippen LogP contribution in [0, 0.1) is 11.7 Å². The zero-order chi connectivity index (χ0) is 18.8. The lowest BCUT2D eigenvalue weighted by Crippen LogP contribution is -2.38. The van der Waals surface area contributed by atoms with E-state index in [1.807, 2.05) is 17.0 Å². The van der Waals surface area contributed by atoms with E-state index < -0.39 is 0 Å². The van der Waals surface area contributed by atoms with Gasteiger partial charge in [-0.15, -0.1) is 0 Å². The minimum atomic E-state index is -0.160. The smallest absolute Gasteiger partial charge is 0.219 e. The number of piperidine rings is 1. The zero-order valence-corrected chi connectivity index (χ0v) is 16.6. The summed E-state index contributed by atoms with van der Waals surface area (Å²) in [7, 11) is 0. The highest BCUT2D eigenvalue weighted by Gasteiger charge is 2.36. The van der Waals surface area contributed by atoms with E-state index in [0.717, 1.165) is 45.6 Å². The Hall–Kier alpha value is -1.72. The highest BCUT2D eigenvalue weighted by molar-refractivity contribution is 7.08. The molecule has 0 bridgehead atoms. The number of hydrogen-bond donors (Lipinski definition) is 0. The highest BCUT2D eigenvalue weighted by Crippen LogP contribution is 2.36. The fourth-order valence-corrected chi connectivity index (χ4v) is 5.42. The van der Waals surface area contributed by atoms with Gasteiger partial charge in [0.25, 0.3) is 0 Å². The molecule has 144 valence electrons. The molecule has 3 nitrogen and oxygen atoms in total. The molecule has 0 saturated carbocycles. The Bertz CT molecular complexity index is 753. The van der Waals surface area contributed by atoms with Crippen LogP contribution in [0.1, 0.15) is 42.7 Å². The van der Waals surface area contributed by atoms with Crippen LogP contribution in [0.25, 0.3) is 0 Å². The Balaban J connectivity index is 1.37. The van der Waals surface area contributed by atoms with Crippen LogP contribution in [0.4, 0.5) is 4.39 Å². The summed E-state index contributed by atoms with van der Waals surface area (Å²) < 4.78 is 13.1. The van der Waals surface area contributed by atoms with Gasteiger partial charge >= 0.3 is 0 Å². The third-order valence-corrected chi connectivity index (χ3v) is 6.98. The van der Waals surface area contributed by atoms with Crippen LogP contribution in [-0.2, 0) is 4.79 Å². The molecule has 2 unspecified atom stereocenters. The Labute approximate surface area is 164 Å². The Morgan fingerprint density at radius 2 is 1.85 bits per heavy atom. The Kier molecular flexibility index (Phi) is 5.60. The second-order valence-corrected chi connectivity index (χ2v) is 8.75. The van der Waals surface area contributed by atoms with E-state index in [1.165, 1.54) is 11.1 Å². The second kappa shape index (κ2) is 8.11. The molecule has 0 spiro atoms. The first-order valence-corrected chi connectivity index (χ1v) is 10.8. The molecular formula is C22H27FN2OS. The van der Waals surface area contributed by atoms with Gasteiger partial charge < -0.3 is 9.80 Å². The van der Waals surface area contributed by atoms with Gasteiger partial charge in [-0.2, -0.15) is 11.3 Å². The van der Waals surface area contributed by atoms with Crippen LogP contribution in [0.15, 0.2) is 41.1 Å². The van der Waals surface area contributed by atoms with Crippen LogP contribution < -0.4 is 0 Å². The monoisotopic (exact) mass is 386 g/mol. The molecule has 0 aliphatic carbocycles. The Morgan fingerprint density at radius 3 is 2.48 bits per heavy atom. The van der Waals surface area contributed by atoms with Crippen molar-refractivity contribution in [3.63, 3.8) is 0 Å². The van der Waals surface area contributed by atoms with Crippen molar-refractivity contribution in [3.05, 3.63) is 58.0 Å². The molecule has 1 aromatic heterocycles.